The third-order valence-electron chi connectivity index (χ3n) is 1.81. The average molecular weight is 381 g/mol. The van der Waals surface area contributed by atoms with Crippen LogP contribution >= 0.6 is 45.9 Å². The molecule has 0 nitrogen and oxygen atoms in total. The Morgan fingerprint density at radius 3 is 1.83 bits per heavy atom. The fourth-order valence-electron chi connectivity index (χ4n) is 1.11. The molecule has 0 N–H and O–H groups in total. The lowest BCUT2D eigenvalue weighted by atomic mass is 10.1. The summed E-state index contributed by atoms with van der Waals surface area (Å²) in [6.07, 6.45) is 8.30. The van der Waals surface area contributed by atoms with E-state index in [4.69, 9.17) is 0 Å². The number of hydrogen-bond acceptors (Lipinski definition) is 0. The van der Waals surface area contributed by atoms with Crippen LogP contribution in [0.25, 0.3) is 0 Å². The molecule has 0 spiro atoms. The molecule has 4 heteroatoms. The summed E-state index contributed by atoms with van der Waals surface area (Å²) >= 11 is 10.9. The van der Waals surface area contributed by atoms with Crippen molar-refractivity contribution in [3.8, 4) is 0 Å². The molecule has 0 aliphatic carbocycles. The van der Waals surface area contributed by atoms with Gasteiger partial charge in [-0.2, -0.15) is 0 Å². The number of hydrogen-bond donors (Lipinski definition) is 0. The molecule has 0 saturated carbocycles. The van der Waals surface area contributed by atoms with Gasteiger partial charge in [-0.1, -0.05) is 91.3 Å². The van der Waals surface area contributed by atoms with Crippen molar-refractivity contribution in [2.75, 3.05) is 0 Å². The lowest BCUT2D eigenvalue weighted by molar-refractivity contribution is 0.624. The topological polar surface area (TPSA) is 0 Å². The van der Waals surface area contributed by atoms with Gasteiger partial charge in [-0.3, -0.25) is 0 Å². The van der Waals surface area contributed by atoms with E-state index < -0.39 is 3.93 Å². The van der Waals surface area contributed by atoms with E-state index >= 15 is 0 Å². The van der Waals surface area contributed by atoms with Crippen molar-refractivity contribution in [3.05, 3.63) is 0 Å². The van der Waals surface area contributed by atoms with Gasteiger partial charge in [0.15, 0.2) is 0 Å². The molecule has 0 unspecified atom stereocenters. The Morgan fingerprint density at radius 2 is 1.33 bits per heavy atom. The van der Waals surface area contributed by atoms with E-state index in [0.29, 0.717) is 0 Å². The highest BCUT2D eigenvalue weighted by molar-refractivity contribution is 9.72. The summed E-state index contributed by atoms with van der Waals surface area (Å²) < 4.78 is -1.29. The molecule has 0 aromatic carbocycles. The molecular weight excluding hydrogens is 364 g/mol. The first-order chi connectivity index (χ1) is 5.56. The highest BCUT2D eigenvalue weighted by Crippen LogP contribution is 2.33. The van der Waals surface area contributed by atoms with Crippen LogP contribution in [0.5, 0.6) is 0 Å². The van der Waals surface area contributed by atoms with E-state index in [9.17, 15) is 0 Å². The van der Waals surface area contributed by atoms with Crippen LogP contribution in [-0.4, -0.2) is 3.93 Å². The van der Waals surface area contributed by atoms with Gasteiger partial charge >= 0.3 is 0 Å². The van der Waals surface area contributed by atoms with Crippen LogP contribution in [0.4, 0.5) is 0 Å². The number of rotatable bonds is 7. The zero-order valence-electron chi connectivity index (χ0n) is 7.58. The molecule has 0 rings (SSSR count). The first-order valence-electron chi connectivity index (χ1n) is 4.63. The molecule has 0 bridgehead atoms. The molecule has 0 atom stereocenters. The Hall–Kier alpha value is 1.66. The zero-order chi connectivity index (χ0) is 9.45. The molecule has 12 heavy (non-hydrogen) atoms. The van der Waals surface area contributed by atoms with Gasteiger partial charge in [0.2, 0.25) is 0 Å². The minimum absolute atomic E-state index is 1.28. The Kier molecular flexibility index (Phi) is 9.11. The second-order valence-corrected chi connectivity index (χ2v) is 26.6. The van der Waals surface area contributed by atoms with Gasteiger partial charge in [0.25, 0.3) is 3.93 Å². The van der Waals surface area contributed by atoms with Gasteiger partial charge < -0.3 is 0 Å². The minimum Gasteiger partial charge on any atom is -0.0964 e. The molecule has 0 aliphatic heterocycles. The number of halogens is 3. The van der Waals surface area contributed by atoms with Crippen molar-refractivity contribution in [1.29, 1.82) is 0 Å². The average Bonchev–Trinajstić information content (AvgIpc) is 1.94. The highest BCUT2D eigenvalue weighted by Gasteiger charge is 2.20. The summed E-state index contributed by atoms with van der Waals surface area (Å²) in [5, 5.41) is 0. The van der Waals surface area contributed by atoms with Crippen molar-refractivity contribution in [2.24, 2.45) is 0 Å². The predicted molar refractivity (Wildman–Crippen MR) is 70.7 cm³/mol. The van der Waals surface area contributed by atoms with Gasteiger partial charge in [0, 0.05) is 0 Å². The van der Waals surface area contributed by atoms with Gasteiger partial charge in [-0.15, -0.1) is 0 Å². The van der Waals surface area contributed by atoms with Crippen LogP contribution in [0.1, 0.15) is 45.4 Å². The second kappa shape index (κ2) is 8.01. The van der Waals surface area contributed by atoms with Crippen LogP contribution in [0.3, 0.4) is 0 Å². The normalized spacial score (nSPS) is 12.0. The van der Waals surface area contributed by atoms with E-state index in [0.717, 1.165) is 0 Å². The summed E-state index contributed by atoms with van der Waals surface area (Å²) in [4.78, 5) is 0. The van der Waals surface area contributed by atoms with Crippen molar-refractivity contribution < 1.29 is 0 Å². The maximum Gasteiger partial charge on any atom is 0.267 e. The van der Waals surface area contributed by atoms with Crippen molar-refractivity contribution in [1.82, 2.24) is 0 Å². The van der Waals surface area contributed by atoms with E-state index in [-0.39, 0.29) is 0 Å². The maximum absolute atomic E-state index is 3.63. The fourth-order valence-corrected chi connectivity index (χ4v) is 4.28. The van der Waals surface area contributed by atoms with E-state index in [2.05, 4.69) is 52.8 Å². The standard InChI is InChI=1S/C8H17Br3Si/c1-2-3-4-5-6-7-8-12(9,10)11/h2-8H2,1H3. The third-order valence-corrected chi connectivity index (χ3v) is 6.30. The Morgan fingerprint density at radius 1 is 0.833 bits per heavy atom. The SMILES string of the molecule is CCCCCCCC[Si](Br)(Br)Br. The Bertz CT molecular complexity index is 101. The van der Waals surface area contributed by atoms with Crippen LogP contribution in [-0.2, 0) is 0 Å². The van der Waals surface area contributed by atoms with Crippen LogP contribution in [0, 0.1) is 0 Å². The molecule has 0 heterocycles. The lowest BCUT2D eigenvalue weighted by Crippen LogP contribution is -2.04. The van der Waals surface area contributed by atoms with E-state index in [1.54, 1.807) is 0 Å². The van der Waals surface area contributed by atoms with Gasteiger partial charge in [0.1, 0.15) is 0 Å². The van der Waals surface area contributed by atoms with Gasteiger partial charge in [-0.25, -0.2) is 0 Å². The molecule has 0 radical (unpaired) electrons. The number of unbranched alkanes of at least 4 members (excludes halogenated alkanes) is 5. The zero-order valence-corrected chi connectivity index (χ0v) is 13.3. The molecule has 0 aromatic heterocycles. The Labute approximate surface area is 101 Å². The molecule has 74 valence electrons. The minimum atomic E-state index is -1.29. The summed E-state index contributed by atoms with van der Waals surface area (Å²) in [5.41, 5.74) is 0. The van der Waals surface area contributed by atoms with E-state index in [1.165, 1.54) is 44.6 Å². The van der Waals surface area contributed by atoms with Crippen LogP contribution in [0.2, 0.25) is 6.04 Å². The summed E-state index contributed by atoms with van der Waals surface area (Å²) in [5.74, 6) is 0. The molecule has 0 amide bonds. The quantitative estimate of drug-likeness (QED) is 0.312. The maximum atomic E-state index is 3.63. The molecular formula is C8H17Br3Si. The van der Waals surface area contributed by atoms with Crippen LogP contribution < -0.4 is 0 Å². The molecule has 0 fully saturated rings. The van der Waals surface area contributed by atoms with Gasteiger partial charge in [-0.05, 0) is 6.04 Å². The molecule has 0 aromatic rings. The summed E-state index contributed by atoms with van der Waals surface area (Å²) in [7, 11) is 0. The van der Waals surface area contributed by atoms with Crippen LogP contribution in [0.15, 0.2) is 0 Å². The van der Waals surface area contributed by atoms with Crippen molar-refractivity contribution >= 4 is 49.8 Å². The van der Waals surface area contributed by atoms with Gasteiger partial charge in [0.05, 0.1) is 0 Å². The fraction of sp³-hybridized carbons (Fsp3) is 1.00. The summed E-state index contributed by atoms with van der Waals surface area (Å²) in [6, 6.07) is 1.28. The molecule has 0 saturated heterocycles. The molecule has 0 aliphatic rings. The Balaban J connectivity index is 3.01. The third kappa shape index (κ3) is 11.7. The first kappa shape index (κ1) is 13.7. The largest absolute Gasteiger partial charge is 0.267 e. The summed E-state index contributed by atoms with van der Waals surface area (Å²) in [6.45, 7) is 2.26. The predicted octanol–water partition coefficient (Wildman–Crippen LogP) is 5.47. The monoisotopic (exact) mass is 378 g/mol. The highest BCUT2D eigenvalue weighted by atomic mass is 80.0. The second-order valence-electron chi connectivity index (χ2n) is 3.13. The van der Waals surface area contributed by atoms with Crippen molar-refractivity contribution in [3.63, 3.8) is 0 Å². The first-order valence-corrected chi connectivity index (χ1v) is 13.6. The smallest absolute Gasteiger partial charge is 0.0964 e. The van der Waals surface area contributed by atoms with Crippen molar-refractivity contribution in [2.45, 2.75) is 51.5 Å². The lowest BCUT2D eigenvalue weighted by Gasteiger charge is -2.07. The van der Waals surface area contributed by atoms with E-state index in [1.807, 2.05) is 0 Å².